The van der Waals surface area contributed by atoms with Gasteiger partial charge in [-0.1, -0.05) is 13.0 Å². The molecule has 0 saturated carbocycles. The van der Waals surface area contributed by atoms with Crippen molar-refractivity contribution in [1.82, 2.24) is 20.3 Å². The molecule has 0 bridgehead atoms. The Bertz CT molecular complexity index is 818. The lowest BCUT2D eigenvalue weighted by atomic mass is 9.81. The summed E-state index contributed by atoms with van der Waals surface area (Å²) in [5.74, 6) is -0.614. The molecule has 27 heavy (non-hydrogen) atoms. The molecule has 1 aromatic carbocycles. The maximum atomic E-state index is 12.8. The first-order valence-corrected chi connectivity index (χ1v) is 10.6. The van der Waals surface area contributed by atoms with Crippen molar-refractivity contribution in [3.8, 4) is 0 Å². The van der Waals surface area contributed by atoms with Gasteiger partial charge in [-0.3, -0.25) is 9.59 Å². The maximum Gasteiger partial charge on any atom is 0.251 e. The number of sulfonamides is 1. The molecule has 8 nitrogen and oxygen atoms in total. The second-order valence-corrected chi connectivity index (χ2v) is 9.40. The normalized spacial score (nSPS) is 20.7. The number of carbonyl (C=O) groups excluding carboxylic acids is 2. The van der Waals surface area contributed by atoms with Crippen LogP contribution in [0.15, 0.2) is 29.2 Å². The molecule has 3 rings (SSSR count). The summed E-state index contributed by atoms with van der Waals surface area (Å²) in [6.07, 6.45) is 1.97. The molecule has 1 aromatic rings. The van der Waals surface area contributed by atoms with Gasteiger partial charge in [-0.2, -0.15) is 4.31 Å². The second-order valence-electron chi connectivity index (χ2n) is 7.46. The Balaban J connectivity index is 1.70. The largest absolute Gasteiger partial charge is 0.354 e. The van der Waals surface area contributed by atoms with Crippen LogP contribution in [-0.2, 0) is 14.8 Å². The average molecular weight is 394 g/mol. The van der Waals surface area contributed by atoms with Crippen LogP contribution in [0.5, 0.6) is 0 Å². The minimum Gasteiger partial charge on any atom is -0.354 e. The summed E-state index contributed by atoms with van der Waals surface area (Å²) in [5, 5.41) is 8.84. The van der Waals surface area contributed by atoms with Gasteiger partial charge in [-0.05, 0) is 49.5 Å². The van der Waals surface area contributed by atoms with E-state index in [1.807, 2.05) is 0 Å². The molecule has 0 spiro atoms. The Morgan fingerprint density at radius 3 is 2.70 bits per heavy atom. The van der Waals surface area contributed by atoms with Gasteiger partial charge in [-0.25, -0.2) is 8.42 Å². The van der Waals surface area contributed by atoms with Gasteiger partial charge in [0, 0.05) is 25.2 Å². The fourth-order valence-corrected chi connectivity index (χ4v) is 4.81. The van der Waals surface area contributed by atoms with E-state index >= 15 is 0 Å². The smallest absolute Gasteiger partial charge is 0.251 e. The quantitative estimate of drug-likeness (QED) is 0.648. The monoisotopic (exact) mass is 394 g/mol. The summed E-state index contributed by atoms with van der Waals surface area (Å²) >= 11 is 0. The van der Waals surface area contributed by atoms with Gasteiger partial charge < -0.3 is 16.0 Å². The third-order valence-corrected chi connectivity index (χ3v) is 7.06. The van der Waals surface area contributed by atoms with Gasteiger partial charge in [0.25, 0.3) is 5.91 Å². The Labute approximate surface area is 159 Å². The number of hydrogen-bond acceptors (Lipinski definition) is 5. The number of nitrogens with zero attached hydrogens (tertiary/aromatic N) is 1. The Kier molecular flexibility index (Phi) is 5.83. The molecule has 148 valence electrons. The van der Waals surface area contributed by atoms with Crippen LogP contribution in [0.1, 0.15) is 30.1 Å². The van der Waals surface area contributed by atoms with Gasteiger partial charge >= 0.3 is 0 Å². The summed E-state index contributed by atoms with van der Waals surface area (Å²) in [6, 6.07) is 5.98. The molecule has 2 fully saturated rings. The molecule has 2 aliphatic heterocycles. The van der Waals surface area contributed by atoms with Crippen LogP contribution in [0.3, 0.4) is 0 Å². The van der Waals surface area contributed by atoms with Crippen molar-refractivity contribution >= 4 is 21.8 Å². The maximum absolute atomic E-state index is 12.8. The van der Waals surface area contributed by atoms with Crippen LogP contribution in [-0.4, -0.2) is 63.8 Å². The minimum atomic E-state index is -3.81. The highest BCUT2D eigenvalue weighted by Gasteiger charge is 2.30. The van der Waals surface area contributed by atoms with E-state index in [1.54, 1.807) is 12.1 Å². The van der Waals surface area contributed by atoms with E-state index in [2.05, 4.69) is 22.9 Å². The molecule has 0 atom stereocenters. The van der Waals surface area contributed by atoms with Gasteiger partial charge in [-0.15, -0.1) is 0 Å². The predicted molar refractivity (Wildman–Crippen MR) is 101 cm³/mol. The lowest BCUT2D eigenvalue weighted by Crippen LogP contribution is -2.49. The number of carbonyl (C=O) groups is 2. The Morgan fingerprint density at radius 2 is 2.00 bits per heavy atom. The summed E-state index contributed by atoms with van der Waals surface area (Å²) in [4.78, 5) is 24.1. The molecule has 2 amide bonds. The second kappa shape index (κ2) is 7.95. The molecular weight excluding hydrogens is 368 g/mol. The zero-order valence-corrected chi connectivity index (χ0v) is 16.3. The molecule has 2 aliphatic rings. The zero-order chi connectivity index (χ0) is 19.5. The van der Waals surface area contributed by atoms with Gasteiger partial charge in [0.15, 0.2) is 0 Å². The molecular formula is C18H26N4O4S. The van der Waals surface area contributed by atoms with Crippen molar-refractivity contribution in [2.24, 2.45) is 5.41 Å². The minimum absolute atomic E-state index is 0.0259. The Hall–Kier alpha value is -1.97. The first-order valence-electron chi connectivity index (χ1n) is 9.16. The standard InChI is InChI=1S/C18H26N4O4S/c1-18(5-7-19-8-6-18)13-21-17(24)14-3-2-4-15(11-14)27(25,26)22-10-9-20-16(23)12-22/h2-4,11,19H,5-10,12-13H2,1H3,(H,20,23)(H,21,24). The van der Waals surface area contributed by atoms with Crippen LogP contribution in [0.2, 0.25) is 0 Å². The van der Waals surface area contributed by atoms with Crippen molar-refractivity contribution < 1.29 is 18.0 Å². The molecule has 0 aromatic heterocycles. The van der Waals surface area contributed by atoms with Gasteiger partial charge in [0.05, 0.1) is 11.4 Å². The SMILES string of the molecule is CC1(CNC(=O)c2cccc(S(=O)(=O)N3CCNC(=O)C3)c2)CCNCC1. The highest BCUT2D eigenvalue weighted by atomic mass is 32.2. The third-order valence-electron chi connectivity index (χ3n) is 5.22. The van der Waals surface area contributed by atoms with E-state index in [9.17, 15) is 18.0 Å². The molecule has 2 saturated heterocycles. The van der Waals surface area contributed by atoms with E-state index < -0.39 is 10.0 Å². The van der Waals surface area contributed by atoms with Crippen LogP contribution in [0.25, 0.3) is 0 Å². The first kappa shape index (κ1) is 19.8. The highest BCUT2D eigenvalue weighted by Crippen LogP contribution is 2.27. The fourth-order valence-electron chi connectivity index (χ4n) is 3.37. The van der Waals surface area contributed by atoms with Crippen molar-refractivity contribution in [2.75, 3.05) is 39.3 Å². The van der Waals surface area contributed by atoms with Crippen molar-refractivity contribution in [2.45, 2.75) is 24.7 Å². The van der Waals surface area contributed by atoms with E-state index in [0.717, 1.165) is 30.2 Å². The third kappa shape index (κ3) is 4.66. The van der Waals surface area contributed by atoms with Gasteiger partial charge in [0.1, 0.15) is 0 Å². The number of amides is 2. The number of hydrogen-bond donors (Lipinski definition) is 3. The van der Waals surface area contributed by atoms with Crippen molar-refractivity contribution in [1.29, 1.82) is 0 Å². The van der Waals surface area contributed by atoms with E-state index in [-0.39, 0.29) is 41.8 Å². The average Bonchev–Trinajstić information content (AvgIpc) is 2.67. The Morgan fingerprint density at radius 1 is 1.26 bits per heavy atom. The summed E-state index contributed by atoms with van der Waals surface area (Å²) in [7, 11) is -3.81. The molecule has 2 heterocycles. The fraction of sp³-hybridized carbons (Fsp3) is 0.556. The van der Waals surface area contributed by atoms with E-state index in [1.165, 1.54) is 12.1 Å². The molecule has 9 heteroatoms. The predicted octanol–water partition coefficient (Wildman–Crippen LogP) is -0.0734. The van der Waals surface area contributed by atoms with E-state index in [0.29, 0.717) is 12.1 Å². The number of piperazine rings is 1. The van der Waals surface area contributed by atoms with Gasteiger partial charge in [0.2, 0.25) is 15.9 Å². The van der Waals surface area contributed by atoms with Crippen LogP contribution >= 0.6 is 0 Å². The van der Waals surface area contributed by atoms with Crippen molar-refractivity contribution in [3.63, 3.8) is 0 Å². The molecule has 0 unspecified atom stereocenters. The highest BCUT2D eigenvalue weighted by molar-refractivity contribution is 7.89. The summed E-state index contributed by atoms with van der Waals surface area (Å²) in [5.41, 5.74) is 0.348. The number of nitrogens with one attached hydrogen (secondary N) is 3. The number of piperidine rings is 1. The first-order chi connectivity index (χ1) is 12.8. The number of benzene rings is 1. The molecule has 0 aliphatic carbocycles. The van der Waals surface area contributed by atoms with Crippen LogP contribution in [0, 0.1) is 5.41 Å². The van der Waals surface area contributed by atoms with E-state index in [4.69, 9.17) is 0 Å². The van der Waals surface area contributed by atoms with Crippen LogP contribution < -0.4 is 16.0 Å². The van der Waals surface area contributed by atoms with Crippen molar-refractivity contribution in [3.05, 3.63) is 29.8 Å². The lowest BCUT2D eigenvalue weighted by molar-refractivity contribution is -0.122. The lowest BCUT2D eigenvalue weighted by Gasteiger charge is -2.34. The molecule has 0 radical (unpaired) electrons. The van der Waals surface area contributed by atoms with Crippen LogP contribution in [0.4, 0.5) is 0 Å². The topological polar surface area (TPSA) is 108 Å². The zero-order valence-electron chi connectivity index (χ0n) is 15.5. The number of rotatable bonds is 5. The molecule has 3 N–H and O–H groups in total. The summed E-state index contributed by atoms with van der Waals surface area (Å²) in [6.45, 7) is 4.87. The summed E-state index contributed by atoms with van der Waals surface area (Å²) < 4.78 is 26.7.